The monoisotopic (exact) mass is 408 g/mol. The van der Waals surface area contributed by atoms with E-state index >= 15 is 0 Å². The van der Waals surface area contributed by atoms with Crippen molar-refractivity contribution in [2.75, 3.05) is 24.2 Å². The fourth-order valence-electron chi connectivity index (χ4n) is 3.57. The quantitative estimate of drug-likeness (QED) is 0.375. The molecule has 2 aromatic heterocycles. The Balaban J connectivity index is 1.72. The third-order valence-corrected chi connectivity index (χ3v) is 6.26. The number of para-hydroxylation sites is 1. The molecule has 148 valence electrons. The van der Waals surface area contributed by atoms with Gasteiger partial charge in [-0.15, -0.1) is 0 Å². The van der Waals surface area contributed by atoms with Gasteiger partial charge in [0.2, 0.25) is 0 Å². The van der Waals surface area contributed by atoms with Crippen LogP contribution in [0.25, 0.3) is 10.9 Å². The van der Waals surface area contributed by atoms with E-state index in [1.54, 1.807) is 38.8 Å². The molecule has 7 nitrogen and oxygen atoms in total. The van der Waals surface area contributed by atoms with Crippen molar-refractivity contribution in [1.29, 1.82) is 0 Å². The molecule has 1 saturated heterocycles. The van der Waals surface area contributed by atoms with Crippen molar-refractivity contribution in [1.82, 2.24) is 14.5 Å². The van der Waals surface area contributed by atoms with E-state index in [1.807, 2.05) is 34.6 Å². The Kier molecular flexibility index (Phi) is 5.10. The topological polar surface area (TPSA) is 75.5 Å². The molecule has 1 aliphatic rings. The minimum absolute atomic E-state index is 0.137. The Morgan fingerprint density at radius 1 is 1.21 bits per heavy atom. The molecule has 2 atom stereocenters. The van der Waals surface area contributed by atoms with Gasteiger partial charge < -0.3 is 14.0 Å². The van der Waals surface area contributed by atoms with Crippen molar-refractivity contribution in [2.24, 2.45) is 5.92 Å². The Bertz CT molecular complexity index is 1080. The smallest absolute Gasteiger partial charge is 0.328 e. The van der Waals surface area contributed by atoms with Crippen LogP contribution in [0, 0.1) is 5.92 Å². The lowest BCUT2D eigenvalue weighted by Gasteiger charge is -2.22. The van der Waals surface area contributed by atoms with Crippen molar-refractivity contribution in [3.63, 3.8) is 0 Å². The van der Waals surface area contributed by atoms with Gasteiger partial charge >= 0.3 is 6.03 Å². The second-order valence-corrected chi connectivity index (χ2v) is 8.02. The lowest BCUT2D eigenvalue weighted by Crippen LogP contribution is -2.35. The number of hydrogen-bond acceptors (Lipinski definition) is 6. The normalized spacial score (nSPS) is 18.8. The lowest BCUT2D eigenvalue weighted by molar-refractivity contribution is -0.109. The van der Waals surface area contributed by atoms with E-state index in [1.165, 1.54) is 21.4 Å². The third kappa shape index (κ3) is 3.29. The van der Waals surface area contributed by atoms with Gasteiger partial charge in [-0.2, -0.15) is 0 Å². The van der Waals surface area contributed by atoms with Gasteiger partial charge in [0, 0.05) is 43.2 Å². The molecule has 3 heterocycles. The molecule has 1 aromatic carbocycles. The molecule has 0 bridgehead atoms. The summed E-state index contributed by atoms with van der Waals surface area (Å²) in [5.74, 6) is -0.160. The molecule has 0 radical (unpaired) electrons. The van der Waals surface area contributed by atoms with E-state index in [4.69, 9.17) is 0 Å². The first-order valence-corrected chi connectivity index (χ1v) is 10.1. The van der Waals surface area contributed by atoms with Gasteiger partial charge in [0.15, 0.2) is 5.78 Å². The number of pyridine rings is 1. The fraction of sp³-hybridized carbons (Fsp3) is 0.238. The van der Waals surface area contributed by atoms with Crippen molar-refractivity contribution < 1.29 is 14.4 Å². The number of Topliss-reactive ketones (excluding diaryl/α,β-unsaturated/α-hetero) is 1. The molecule has 8 heteroatoms. The van der Waals surface area contributed by atoms with Crippen LogP contribution in [0.15, 0.2) is 55.0 Å². The molecule has 1 amide bonds. The highest BCUT2D eigenvalue weighted by molar-refractivity contribution is 8.01. The van der Waals surface area contributed by atoms with E-state index in [0.29, 0.717) is 22.2 Å². The first-order valence-electron chi connectivity index (χ1n) is 9.16. The number of anilines is 1. The summed E-state index contributed by atoms with van der Waals surface area (Å²) < 4.78 is 3.33. The minimum Gasteiger partial charge on any atom is -0.330 e. The van der Waals surface area contributed by atoms with E-state index in [9.17, 15) is 14.4 Å². The lowest BCUT2D eigenvalue weighted by atomic mass is 9.92. The Labute approximate surface area is 172 Å². The summed E-state index contributed by atoms with van der Waals surface area (Å²) in [6.07, 6.45) is 5.76. The standard InChI is InChI=1S/C21H20N4O3S/c1-23(2)21(28)24-11-16(15-7-3-4-8-18(15)24)20(27)17-13-29-25(19(17)12-26)14-6-5-9-22-10-14/h3-12,17,19H,13H2,1-2H3. The van der Waals surface area contributed by atoms with Crippen LogP contribution >= 0.6 is 11.9 Å². The maximum atomic E-state index is 13.5. The predicted octanol–water partition coefficient (Wildman–Crippen LogP) is 3.10. The summed E-state index contributed by atoms with van der Waals surface area (Å²) in [6.45, 7) is 0. The van der Waals surface area contributed by atoms with Crippen LogP contribution in [-0.2, 0) is 4.79 Å². The number of nitrogens with zero attached hydrogens (tertiary/aromatic N) is 4. The van der Waals surface area contributed by atoms with Crippen LogP contribution in [0.4, 0.5) is 10.5 Å². The first kappa shape index (κ1) is 19.2. The molecular weight excluding hydrogens is 388 g/mol. The highest BCUT2D eigenvalue weighted by Crippen LogP contribution is 2.38. The van der Waals surface area contributed by atoms with Crippen LogP contribution in [0.1, 0.15) is 10.4 Å². The van der Waals surface area contributed by atoms with Crippen LogP contribution in [0.3, 0.4) is 0 Å². The molecule has 0 aliphatic carbocycles. The second kappa shape index (κ2) is 7.71. The largest absolute Gasteiger partial charge is 0.330 e. The van der Waals surface area contributed by atoms with Crippen molar-refractivity contribution in [3.8, 4) is 0 Å². The molecule has 0 spiro atoms. The van der Waals surface area contributed by atoms with Crippen molar-refractivity contribution >= 4 is 46.6 Å². The maximum absolute atomic E-state index is 13.5. The summed E-state index contributed by atoms with van der Waals surface area (Å²) >= 11 is 1.44. The molecule has 2 unspecified atom stereocenters. The van der Waals surface area contributed by atoms with Gasteiger partial charge in [0.25, 0.3) is 0 Å². The number of carbonyl (C=O) groups is 3. The Morgan fingerprint density at radius 2 is 2.00 bits per heavy atom. The molecule has 3 aromatic rings. The predicted molar refractivity (Wildman–Crippen MR) is 113 cm³/mol. The van der Waals surface area contributed by atoms with E-state index in [0.717, 1.165) is 12.0 Å². The number of hydrogen-bond donors (Lipinski definition) is 0. The third-order valence-electron chi connectivity index (χ3n) is 5.02. The highest BCUT2D eigenvalue weighted by Gasteiger charge is 2.41. The number of aromatic nitrogens is 2. The van der Waals surface area contributed by atoms with E-state index in [-0.39, 0.29) is 11.8 Å². The zero-order chi connectivity index (χ0) is 20.5. The Hall–Kier alpha value is -3.13. The van der Waals surface area contributed by atoms with Crippen LogP contribution in [0.2, 0.25) is 0 Å². The van der Waals surface area contributed by atoms with E-state index < -0.39 is 12.0 Å². The number of amides is 1. The van der Waals surface area contributed by atoms with Gasteiger partial charge in [-0.1, -0.05) is 18.2 Å². The Morgan fingerprint density at radius 3 is 2.69 bits per heavy atom. The van der Waals surface area contributed by atoms with Gasteiger partial charge in [-0.05, 0) is 30.1 Å². The van der Waals surface area contributed by atoms with Crippen molar-refractivity contribution in [3.05, 3.63) is 60.6 Å². The number of aldehydes is 1. The van der Waals surface area contributed by atoms with Crippen LogP contribution in [0.5, 0.6) is 0 Å². The zero-order valence-corrected chi connectivity index (χ0v) is 16.9. The summed E-state index contributed by atoms with van der Waals surface area (Å²) in [6, 6.07) is 10.2. The minimum atomic E-state index is -0.594. The molecule has 0 saturated carbocycles. The molecule has 0 N–H and O–H groups in total. The summed E-state index contributed by atoms with van der Waals surface area (Å²) in [4.78, 5) is 43.5. The molecule has 1 aliphatic heterocycles. The first-order chi connectivity index (χ1) is 14.0. The average Bonchev–Trinajstić information content (AvgIpc) is 3.35. The molecule has 1 fully saturated rings. The number of carbonyl (C=O) groups excluding carboxylic acids is 3. The van der Waals surface area contributed by atoms with Crippen LogP contribution in [-0.4, -0.2) is 58.4 Å². The number of fused-ring (bicyclic) bond motifs is 1. The highest BCUT2D eigenvalue weighted by atomic mass is 32.2. The molecule has 29 heavy (non-hydrogen) atoms. The SMILES string of the molecule is CN(C)C(=O)n1cc(C(=O)C2CSN(c3cccnc3)C2C=O)c2ccccc21. The number of benzene rings is 1. The summed E-state index contributed by atoms with van der Waals surface area (Å²) in [5.41, 5.74) is 1.92. The summed E-state index contributed by atoms with van der Waals surface area (Å²) in [7, 11) is 3.33. The number of rotatable bonds is 4. The van der Waals surface area contributed by atoms with Gasteiger partial charge in [0.1, 0.15) is 12.3 Å². The fourth-order valence-corrected chi connectivity index (χ4v) is 4.87. The molecule has 4 rings (SSSR count). The number of ketones is 1. The van der Waals surface area contributed by atoms with Gasteiger partial charge in [-0.3, -0.25) is 14.3 Å². The van der Waals surface area contributed by atoms with Gasteiger partial charge in [-0.25, -0.2) is 4.79 Å². The summed E-state index contributed by atoms with van der Waals surface area (Å²) in [5, 5.41) is 0.710. The second-order valence-electron chi connectivity index (χ2n) is 7.04. The maximum Gasteiger partial charge on any atom is 0.328 e. The average molecular weight is 408 g/mol. The van der Waals surface area contributed by atoms with Crippen LogP contribution < -0.4 is 4.31 Å². The van der Waals surface area contributed by atoms with Crippen molar-refractivity contribution in [2.45, 2.75) is 6.04 Å². The zero-order valence-electron chi connectivity index (χ0n) is 16.1. The van der Waals surface area contributed by atoms with Gasteiger partial charge in [0.05, 0.1) is 23.3 Å². The molecular formula is C21H20N4O3S. The van der Waals surface area contributed by atoms with E-state index in [2.05, 4.69) is 4.98 Å².